The van der Waals surface area contributed by atoms with E-state index in [-0.39, 0.29) is 0 Å². The molecule has 1 aromatic rings. The number of hydrogen-bond acceptors (Lipinski definition) is 3. The number of hydrogen-bond donors (Lipinski definition) is 1. The second kappa shape index (κ2) is 4.47. The zero-order valence-electron chi connectivity index (χ0n) is 9.86. The third-order valence-electron chi connectivity index (χ3n) is 3.93. The number of rotatable bonds is 4. The summed E-state index contributed by atoms with van der Waals surface area (Å²) in [5.74, 6) is 0.806. The summed E-state index contributed by atoms with van der Waals surface area (Å²) >= 11 is 1.83. The Labute approximate surface area is 102 Å². The van der Waals surface area contributed by atoms with Crippen molar-refractivity contribution in [2.24, 2.45) is 5.92 Å². The van der Waals surface area contributed by atoms with Crippen molar-refractivity contribution >= 4 is 11.3 Å². The van der Waals surface area contributed by atoms with E-state index < -0.39 is 0 Å². The Morgan fingerprint density at radius 1 is 1.44 bits per heavy atom. The van der Waals surface area contributed by atoms with E-state index in [1.165, 1.54) is 25.8 Å². The van der Waals surface area contributed by atoms with Gasteiger partial charge in [0.15, 0.2) is 0 Å². The number of nitrogens with zero attached hydrogens (tertiary/aromatic N) is 1. The first-order valence-corrected chi connectivity index (χ1v) is 7.27. The Hall–Kier alpha value is -0.380. The van der Waals surface area contributed by atoms with Crippen molar-refractivity contribution in [3.8, 4) is 0 Å². The minimum absolute atomic E-state index is 0.686. The molecule has 2 nitrogen and oxygen atoms in total. The van der Waals surface area contributed by atoms with Crippen LogP contribution in [0.5, 0.6) is 0 Å². The van der Waals surface area contributed by atoms with Gasteiger partial charge in [0.25, 0.3) is 0 Å². The van der Waals surface area contributed by atoms with Crippen LogP contribution in [-0.4, -0.2) is 31.1 Å². The van der Waals surface area contributed by atoms with Gasteiger partial charge in [0.1, 0.15) is 0 Å². The van der Waals surface area contributed by atoms with Crippen LogP contribution in [0.4, 0.5) is 0 Å². The fraction of sp³-hybridized carbons (Fsp3) is 0.692. The van der Waals surface area contributed by atoms with Crippen molar-refractivity contribution in [3.63, 3.8) is 0 Å². The SMILES string of the molecule is CNCC1CCN(C2CC2)C1c1ccsc1. The van der Waals surface area contributed by atoms with Crippen molar-refractivity contribution in [2.75, 3.05) is 20.1 Å². The van der Waals surface area contributed by atoms with E-state index in [9.17, 15) is 0 Å². The van der Waals surface area contributed by atoms with Crippen LogP contribution in [0, 0.1) is 5.92 Å². The summed E-state index contributed by atoms with van der Waals surface area (Å²) in [5.41, 5.74) is 1.55. The van der Waals surface area contributed by atoms with Gasteiger partial charge in [-0.25, -0.2) is 0 Å². The lowest BCUT2D eigenvalue weighted by atomic mass is 9.95. The molecule has 1 saturated heterocycles. The summed E-state index contributed by atoms with van der Waals surface area (Å²) in [5, 5.41) is 7.92. The van der Waals surface area contributed by atoms with Gasteiger partial charge >= 0.3 is 0 Å². The average molecular weight is 236 g/mol. The fourth-order valence-corrected chi connectivity index (χ4v) is 3.77. The van der Waals surface area contributed by atoms with Crippen LogP contribution < -0.4 is 5.32 Å². The number of thiophene rings is 1. The molecule has 0 radical (unpaired) electrons. The standard InChI is InChI=1S/C13H20N2S/c1-14-8-10-4-6-15(12-2-3-12)13(10)11-5-7-16-9-11/h5,7,9-10,12-14H,2-4,6,8H2,1H3. The van der Waals surface area contributed by atoms with Gasteiger partial charge in [-0.15, -0.1) is 0 Å². The summed E-state index contributed by atoms with van der Waals surface area (Å²) in [6.07, 6.45) is 4.21. The quantitative estimate of drug-likeness (QED) is 0.864. The van der Waals surface area contributed by atoms with Crippen LogP contribution in [0.2, 0.25) is 0 Å². The van der Waals surface area contributed by atoms with E-state index >= 15 is 0 Å². The second-order valence-electron chi connectivity index (χ2n) is 5.08. The molecule has 2 aliphatic rings. The zero-order chi connectivity index (χ0) is 11.0. The molecule has 0 bridgehead atoms. The molecule has 2 unspecified atom stereocenters. The first-order valence-electron chi connectivity index (χ1n) is 6.32. The van der Waals surface area contributed by atoms with E-state index in [1.807, 2.05) is 11.3 Å². The van der Waals surface area contributed by atoms with E-state index in [1.54, 1.807) is 5.56 Å². The Bertz CT molecular complexity index is 332. The first kappa shape index (κ1) is 10.8. The molecule has 0 aromatic carbocycles. The largest absolute Gasteiger partial charge is 0.319 e. The Kier molecular flexibility index (Phi) is 3.01. The van der Waals surface area contributed by atoms with Crippen LogP contribution >= 0.6 is 11.3 Å². The maximum Gasteiger partial charge on any atom is 0.0400 e. The monoisotopic (exact) mass is 236 g/mol. The second-order valence-corrected chi connectivity index (χ2v) is 5.86. The fourth-order valence-electron chi connectivity index (χ4n) is 3.08. The lowest BCUT2D eigenvalue weighted by molar-refractivity contribution is 0.218. The Morgan fingerprint density at radius 3 is 2.94 bits per heavy atom. The maximum atomic E-state index is 3.36. The molecule has 16 heavy (non-hydrogen) atoms. The van der Waals surface area contributed by atoms with Gasteiger partial charge in [0.05, 0.1) is 0 Å². The summed E-state index contributed by atoms with van der Waals surface area (Å²) in [4.78, 5) is 2.75. The molecule has 1 saturated carbocycles. The highest BCUT2D eigenvalue weighted by Gasteiger charge is 2.42. The van der Waals surface area contributed by atoms with Crippen molar-refractivity contribution in [3.05, 3.63) is 22.4 Å². The molecule has 1 N–H and O–H groups in total. The number of likely N-dealkylation sites (tertiary alicyclic amines) is 1. The molecule has 2 fully saturated rings. The van der Waals surface area contributed by atoms with Crippen LogP contribution in [0.1, 0.15) is 30.9 Å². The normalized spacial score (nSPS) is 31.1. The van der Waals surface area contributed by atoms with E-state index in [2.05, 4.69) is 34.1 Å². The van der Waals surface area contributed by atoms with Crippen molar-refractivity contribution in [1.29, 1.82) is 0 Å². The van der Waals surface area contributed by atoms with Gasteiger partial charge in [-0.2, -0.15) is 11.3 Å². The highest BCUT2D eigenvalue weighted by Crippen LogP contribution is 2.44. The molecule has 1 aliphatic carbocycles. The van der Waals surface area contributed by atoms with E-state index in [0.29, 0.717) is 6.04 Å². The summed E-state index contributed by atoms with van der Waals surface area (Å²) < 4.78 is 0. The predicted molar refractivity (Wildman–Crippen MR) is 68.8 cm³/mol. The predicted octanol–water partition coefficient (Wildman–Crippen LogP) is 2.49. The Morgan fingerprint density at radius 2 is 2.31 bits per heavy atom. The minimum atomic E-state index is 0.686. The van der Waals surface area contributed by atoms with Crippen LogP contribution in [0.15, 0.2) is 16.8 Å². The molecule has 3 rings (SSSR count). The lowest BCUT2D eigenvalue weighted by Gasteiger charge is -2.27. The van der Waals surface area contributed by atoms with E-state index in [4.69, 9.17) is 0 Å². The van der Waals surface area contributed by atoms with Crippen molar-refractivity contribution in [1.82, 2.24) is 10.2 Å². The topological polar surface area (TPSA) is 15.3 Å². The smallest absolute Gasteiger partial charge is 0.0400 e. The maximum absolute atomic E-state index is 3.36. The average Bonchev–Trinajstić information content (AvgIpc) is 2.84. The third-order valence-corrected chi connectivity index (χ3v) is 4.63. The minimum Gasteiger partial charge on any atom is -0.319 e. The molecule has 2 atom stereocenters. The molecule has 0 amide bonds. The van der Waals surface area contributed by atoms with Gasteiger partial charge in [0, 0.05) is 12.1 Å². The lowest BCUT2D eigenvalue weighted by Crippen LogP contribution is -2.30. The van der Waals surface area contributed by atoms with E-state index in [0.717, 1.165) is 18.5 Å². The van der Waals surface area contributed by atoms with Gasteiger partial charge < -0.3 is 5.32 Å². The summed E-state index contributed by atoms with van der Waals surface area (Å²) in [7, 11) is 2.07. The third kappa shape index (κ3) is 1.92. The molecule has 2 heterocycles. The van der Waals surface area contributed by atoms with Gasteiger partial charge in [-0.1, -0.05) is 0 Å². The zero-order valence-corrected chi connectivity index (χ0v) is 10.7. The molecule has 3 heteroatoms. The van der Waals surface area contributed by atoms with Crippen molar-refractivity contribution in [2.45, 2.75) is 31.3 Å². The first-order chi connectivity index (χ1) is 7.90. The molecule has 1 aliphatic heterocycles. The number of nitrogens with one attached hydrogen (secondary N) is 1. The molecule has 0 spiro atoms. The van der Waals surface area contributed by atoms with Crippen LogP contribution in [-0.2, 0) is 0 Å². The summed E-state index contributed by atoms with van der Waals surface area (Å²) in [6.45, 7) is 2.46. The Balaban J connectivity index is 1.81. The molecular weight excluding hydrogens is 216 g/mol. The molecule has 1 aromatic heterocycles. The van der Waals surface area contributed by atoms with Gasteiger partial charge in [-0.3, -0.25) is 4.90 Å². The van der Waals surface area contributed by atoms with Crippen LogP contribution in [0.3, 0.4) is 0 Å². The molecule has 88 valence electrons. The van der Waals surface area contributed by atoms with Gasteiger partial charge in [-0.05, 0) is 67.7 Å². The molecular formula is C13H20N2S. The van der Waals surface area contributed by atoms with Gasteiger partial charge in [0.2, 0.25) is 0 Å². The van der Waals surface area contributed by atoms with Crippen LogP contribution in [0.25, 0.3) is 0 Å². The highest BCUT2D eigenvalue weighted by molar-refractivity contribution is 7.07. The highest BCUT2D eigenvalue weighted by atomic mass is 32.1. The van der Waals surface area contributed by atoms with Crippen molar-refractivity contribution < 1.29 is 0 Å². The summed E-state index contributed by atoms with van der Waals surface area (Å²) in [6, 6.07) is 3.90.